The van der Waals surface area contributed by atoms with Gasteiger partial charge in [0, 0.05) is 43.8 Å². The highest BCUT2D eigenvalue weighted by molar-refractivity contribution is 7.20. The van der Waals surface area contributed by atoms with Gasteiger partial charge in [0.1, 0.15) is 11.5 Å². The molecule has 0 fully saturated rings. The fourth-order valence-corrected chi connectivity index (χ4v) is 17.8. The van der Waals surface area contributed by atoms with E-state index in [4.69, 9.17) is 30.7 Å². The van der Waals surface area contributed by atoms with Gasteiger partial charge in [-0.15, -0.1) is 0 Å². The molecule has 4 heterocycles. The summed E-state index contributed by atoms with van der Waals surface area (Å²) in [6.45, 7) is 0. The Labute approximate surface area is 508 Å². The van der Waals surface area contributed by atoms with Crippen molar-refractivity contribution < 1.29 is 32.2 Å². The van der Waals surface area contributed by atoms with Crippen LogP contribution in [0.1, 0.15) is 49.7 Å². The molecular formula is C76H49N5OSi. The fraction of sp³-hybridized carbons (Fsp3) is 0.0132. The van der Waals surface area contributed by atoms with Crippen LogP contribution in [-0.2, 0) is 5.41 Å². The summed E-state index contributed by atoms with van der Waals surface area (Å²) < 4.78 is 195. The van der Waals surface area contributed by atoms with Crippen molar-refractivity contribution >= 4 is 72.4 Å². The molecule has 0 bridgehead atoms. The van der Waals surface area contributed by atoms with Crippen molar-refractivity contribution in [2.75, 3.05) is 0 Å². The van der Waals surface area contributed by atoms with Crippen LogP contribution in [-0.4, -0.2) is 32.2 Å². The Balaban J connectivity index is 1.00. The van der Waals surface area contributed by atoms with Crippen LogP contribution < -0.4 is 25.5 Å². The van der Waals surface area contributed by atoms with Crippen LogP contribution in [0.3, 0.4) is 0 Å². The topological polar surface area (TPSA) is 57.8 Å². The summed E-state index contributed by atoms with van der Waals surface area (Å²) in [7, 11) is -3.79. The Morgan fingerprint density at radius 1 is 0.349 bits per heavy atom. The zero-order valence-electron chi connectivity index (χ0n) is 63.4. The number of nitrogens with zero attached hydrogens (tertiary/aromatic N) is 5. The van der Waals surface area contributed by atoms with Gasteiger partial charge in [0.2, 0.25) is 5.95 Å². The molecule has 0 N–H and O–H groups in total. The molecule has 0 radical (unpaired) electrons. The molecule has 0 saturated heterocycles. The maximum absolute atomic E-state index is 10.00. The Morgan fingerprint density at radius 2 is 0.819 bits per heavy atom. The summed E-state index contributed by atoms with van der Waals surface area (Å²) >= 11 is 0. The molecule has 15 aromatic rings. The Kier molecular flexibility index (Phi) is 6.94. The quantitative estimate of drug-likeness (QED) is 0.112. The maximum Gasteiger partial charge on any atom is 0.238 e. The van der Waals surface area contributed by atoms with Gasteiger partial charge >= 0.3 is 0 Å². The predicted octanol–water partition coefficient (Wildman–Crippen LogP) is 15.2. The second kappa shape index (κ2) is 18.4. The molecule has 1 aliphatic heterocycles. The summed E-state index contributed by atoms with van der Waals surface area (Å²) in [6.07, 6.45) is 0. The summed E-state index contributed by atoms with van der Waals surface area (Å²) in [5, 5.41) is 1.90. The third-order valence-electron chi connectivity index (χ3n) is 16.3. The minimum atomic E-state index is -3.79. The van der Waals surface area contributed by atoms with Crippen LogP contribution in [0.2, 0.25) is 0 Å². The van der Waals surface area contributed by atoms with Crippen LogP contribution in [0.5, 0.6) is 11.5 Å². The molecule has 0 amide bonds. The normalized spacial score (nSPS) is 16.4. The Bertz CT molecular complexity index is 6090. The summed E-state index contributed by atoms with van der Waals surface area (Å²) in [4.78, 5) is 15.2. The van der Waals surface area contributed by atoms with Gasteiger partial charge < -0.3 is 9.30 Å². The highest BCUT2D eigenvalue weighted by atomic mass is 28.3. The average molecular weight is 1100 g/mol. The predicted molar refractivity (Wildman–Crippen MR) is 340 cm³/mol. The van der Waals surface area contributed by atoms with Crippen molar-refractivity contribution in [2.45, 2.75) is 5.41 Å². The molecular weight excluding hydrogens is 1030 g/mol. The number of ether oxygens (including phenoxy) is 1. The van der Waals surface area contributed by atoms with Gasteiger partial charge in [0.15, 0.2) is 19.7 Å². The third-order valence-corrected chi connectivity index (χ3v) is 21.0. The molecule has 0 unspecified atom stereocenters. The van der Waals surface area contributed by atoms with Crippen molar-refractivity contribution in [3.05, 3.63) is 319 Å². The van der Waals surface area contributed by atoms with E-state index in [0.717, 1.165) is 63.3 Å². The average Bonchev–Trinajstić information content (AvgIpc) is 1.57. The number of hydrogen-bond donors (Lipinski definition) is 0. The molecule has 3 aromatic heterocycles. The van der Waals surface area contributed by atoms with Crippen molar-refractivity contribution in [1.29, 1.82) is 0 Å². The van der Waals surface area contributed by atoms with Gasteiger partial charge in [0.05, 0.1) is 60.6 Å². The summed E-state index contributed by atoms with van der Waals surface area (Å²) in [5.41, 5.74) is 2.50. The van der Waals surface area contributed by atoms with E-state index in [9.17, 15) is 16.4 Å². The minimum Gasteiger partial charge on any atom is -0.457 e. The first kappa shape index (κ1) is 31.3. The van der Waals surface area contributed by atoms with Crippen molar-refractivity contribution in [3.63, 3.8) is 0 Å². The lowest BCUT2D eigenvalue weighted by Crippen LogP contribution is -2.74. The number of aromatic nitrogens is 5. The van der Waals surface area contributed by atoms with E-state index in [1.165, 1.54) is 0 Å². The maximum atomic E-state index is 10.00. The summed E-state index contributed by atoms with van der Waals surface area (Å²) in [5.74, 6) is -0.254. The van der Waals surface area contributed by atoms with E-state index in [1.54, 1.807) is 12.1 Å². The van der Waals surface area contributed by atoms with Crippen LogP contribution in [0, 0.1) is 0 Å². The molecule has 2 aliphatic rings. The minimum absolute atomic E-state index is 0.208. The first-order chi connectivity index (χ1) is 49.5. The number of para-hydroxylation sites is 6. The Hall–Kier alpha value is -10.7. The van der Waals surface area contributed by atoms with Gasteiger partial charge in [-0.3, -0.25) is 4.57 Å². The van der Waals surface area contributed by atoms with E-state index in [1.807, 2.05) is 78.9 Å². The Morgan fingerprint density at radius 3 is 1.43 bits per heavy atom. The largest absolute Gasteiger partial charge is 0.457 e. The summed E-state index contributed by atoms with van der Waals surface area (Å²) in [6, 6.07) is 43.0. The van der Waals surface area contributed by atoms with Gasteiger partial charge in [0.25, 0.3) is 0 Å². The van der Waals surface area contributed by atoms with E-state index < -0.39 is 190 Å². The number of hydrogen-bond acceptors (Lipinski definition) is 4. The van der Waals surface area contributed by atoms with Crippen LogP contribution in [0.4, 0.5) is 0 Å². The standard InChI is InChI=1S/C76H49N5OSi/c1-3-25-51(26-4-1)83(52-27-5-2-6-28-52,54-46-47-65-72(49-54)82-71-45-22-16-39-64(71)76(65)62-37-14-7-30-55(62)56-31-8-15-38-63(56)76)53-29-23-24-50(48-53)73-77-74(79-75(78-73)81-68-42-19-11-34-59(68)60-35-12-20-43-69(60)81)61-36-13-21-44-70(61)80-66-40-17-9-32-57(66)58-33-10-18-41-67(58)80/h1-49H/i9D,10D,11D,12D,13D,17D,18D,19D,20D,21D,32D,33D,34D,35D,36D,40D,41D,42D,43D,44D. The monoisotopic (exact) mass is 1100 g/mol. The van der Waals surface area contributed by atoms with Gasteiger partial charge in [-0.25, -0.2) is 4.98 Å². The van der Waals surface area contributed by atoms with Crippen molar-refractivity contribution in [1.82, 2.24) is 24.1 Å². The molecule has 17 rings (SSSR count). The number of rotatable bonds is 8. The molecule has 6 nitrogen and oxygen atoms in total. The third kappa shape index (κ3) is 6.80. The van der Waals surface area contributed by atoms with Gasteiger partial charge in [-0.2, -0.15) is 9.97 Å². The molecule has 0 saturated carbocycles. The fourth-order valence-electron chi connectivity index (χ4n) is 13.0. The first-order valence-electron chi connectivity index (χ1n) is 36.7. The van der Waals surface area contributed by atoms with Crippen molar-refractivity contribution in [2.24, 2.45) is 0 Å². The van der Waals surface area contributed by atoms with Crippen molar-refractivity contribution in [3.8, 4) is 57.0 Å². The number of benzene rings is 12. The molecule has 1 aliphatic carbocycles. The van der Waals surface area contributed by atoms with Gasteiger partial charge in [-0.05, 0) is 91.4 Å². The molecule has 0 atom stereocenters. The molecule has 1 spiro atoms. The van der Waals surface area contributed by atoms with Crippen LogP contribution in [0.25, 0.3) is 89.2 Å². The van der Waals surface area contributed by atoms with Crippen LogP contribution in [0.15, 0.2) is 297 Å². The zero-order chi connectivity index (χ0) is 72.0. The molecule has 7 heteroatoms. The first-order valence-corrected chi connectivity index (χ1v) is 28.7. The molecule has 388 valence electrons. The zero-order valence-corrected chi connectivity index (χ0v) is 44.4. The SMILES string of the molecule is [2H]c1c([2H])c([2H])c(-n2c3c([2H])c([2H])c([2H])c([2H])c3c3c([2H])c([2H])c([2H])c([2H])c32)c(-c2nc(-c3cccc([Si](c4ccccc4)(c4ccccc4)c4ccc5c(c4)Oc4ccccc4C54c5ccccc5-c5ccccc54)c3)nc(-n3c4c([2H])c([2H])c([2H])c([2H])c4c4c([2H])c([2H])c([2H])c([2H])c43)n2)c1[2H]. The van der Waals surface area contributed by atoms with E-state index in [-0.39, 0.29) is 22.2 Å². The van der Waals surface area contributed by atoms with E-state index >= 15 is 0 Å². The lowest BCUT2D eigenvalue weighted by Gasteiger charge is -2.41. The second-order valence-corrected chi connectivity index (χ2v) is 24.1. The molecule has 12 aromatic carbocycles. The number of fused-ring (bicyclic) bond motifs is 15. The van der Waals surface area contributed by atoms with Gasteiger partial charge in [-0.1, -0.05) is 248 Å². The van der Waals surface area contributed by atoms with E-state index in [2.05, 4.69) is 84.9 Å². The lowest BCUT2D eigenvalue weighted by atomic mass is 9.66. The second-order valence-electron chi connectivity index (χ2n) is 20.3. The van der Waals surface area contributed by atoms with Crippen LogP contribution >= 0.6 is 0 Å². The highest BCUT2D eigenvalue weighted by Crippen LogP contribution is 2.62. The molecule has 83 heavy (non-hydrogen) atoms. The lowest BCUT2D eigenvalue weighted by molar-refractivity contribution is 0.437. The highest BCUT2D eigenvalue weighted by Gasteiger charge is 2.52. The smallest absolute Gasteiger partial charge is 0.238 e. The van der Waals surface area contributed by atoms with E-state index in [0.29, 0.717) is 11.5 Å².